The number of nitrogens with one attached hydrogen (secondary N) is 1. The molecule has 1 fully saturated rings. The number of aromatic nitrogens is 1. The van der Waals surface area contributed by atoms with Gasteiger partial charge in [-0.05, 0) is 30.5 Å². The zero-order chi connectivity index (χ0) is 24.2. The van der Waals surface area contributed by atoms with E-state index in [1.165, 1.54) is 19.4 Å². The van der Waals surface area contributed by atoms with Crippen LogP contribution in [0.1, 0.15) is 16.1 Å². The molecule has 3 rings (SSSR count). The predicted octanol–water partition coefficient (Wildman–Crippen LogP) is 2.52. The summed E-state index contributed by atoms with van der Waals surface area (Å²) in [5.41, 5.74) is 10.4. The average molecular weight is 467 g/mol. The van der Waals surface area contributed by atoms with Crippen LogP contribution in [0.5, 0.6) is 11.6 Å². The van der Waals surface area contributed by atoms with Crippen molar-refractivity contribution < 1.29 is 31.8 Å². The van der Waals surface area contributed by atoms with Crippen LogP contribution in [-0.4, -0.2) is 37.2 Å². The number of halogens is 4. The topological polar surface area (TPSA) is 116 Å². The minimum absolute atomic E-state index is 0.0303. The van der Waals surface area contributed by atoms with E-state index < -0.39 is 29.6 Å². The van der Waals surface area contributed by atoms with Gasteiger partial charge in [0.25, 0.3) is 5.91 Å². The Kier molecular flexibility index (Phi) is 6.95. The molecule has 1 aromatic carbocycles. The number of hydrogen-bond donors (Lipinski definition) is 3. The van der Waals surface area contributed by atoms with Crippen molar-refractivity contribution in [1.29, 1.82) is 0 Å². The number of nitrogens with two attached hydrogens (primary N) is 2. The van der Waals surface area contributed by atoms with E-state index >= 15 is 0 Å². The highest BCUT2D eigenvalue weighted by molar-refractivity contribution is 5.99. The Bertz CT molecular complexity index is 1080. The van der Waals surface area contributed by atoms with Gasteiger partial charge < -0.3 is 31.2 Å². The smallest absolute Gasteiger partial charge is 0.416 e. The third kappa shape index (κ3) is 5.64. The van der Waals surface area contributed by atoms with Gasteiger partial charge in [-0.15, -0.1) is 0 Å². The number of carbonyl (C=O) groups is 1. The molecule has 33 heavy (non-hydrogen) atoms. The Morgan fingerprint density at radius 1 is 1.24 bits per heavy atom. The average Bonchev–Trinajstić information content (AvgIpc) is 2.74. The lowest BCUT2D eigenvalue weighted by molar-refractivity contribution is -0.137. The maximum atomic E-state index is 13.6. The minimum Gasteiger partial charge on any atom is -0.487 e. The van der Waals surface area contributed by atoms with Gasteiger partial charge in [0, 0.05) is 18.3 Å². The number of benzene rings is 1. The molecule has 8 nitrogen and oxygen atoms in total. The molecule has 12 heteroatoms. The van der Waals surface area contributed by atoms with Crippen LogP contribution in [0.4, 0.5) is 23.2 Å². The molecule has 0 bridgehead atoms. The third-order valence-corrected chi connectivity index (χ3v) is 4.68. The van der Waals surface area contributed by atoms with E-state index in [2.05, 4.69) is 10.3 Å². The van der Waals surface area contributed by atoms with E-state index in [0.29, 0.717) is 11.8 Å². The third-order valence-electron chi connectivity index (χ3n) is 4.68. The monoisotopic (exact) mass is 467 g/mol. The summed E-state index contributed by atoms with van der Waals surface area (Å²) >= 11 is 0. The number of anilines is 1. The van der Waals surface area contributed by atoms with Crippen LogP contribution in [-0.2, 0) is 6.18 Å². The molecular weight excluding hydrogens is 446 g/mol. The van der Waals surface area contributed by atoms with Gasteiger partial charge in [0.1, 0.15) is 17.7 Å². The number of carbonyl (C=O) groups excluding carboxylic acids is 1. The lowest BCUT2D eigenvalue weighted by Gasteiger charge is -2.41. The van der Waals surface area contributed by atoms with Gasteiger partial charge in [0.15, 0.2) is 5.69 Å². The van der Waals surface area contributed by atoms with Crippen LogP contribution in [0.15, 0.2) is 54.5 Å². The molecule has 0 unspecified atom stereocenters. The molecule has 1 amide bonds. The highest BCUT2D eigenvalue weighted by Crippen LogP contribution is 2.34. The summed E-state index contributed by atoms with van der Waals surface area (Å²) in [6.45, 7) is 0.461. The molecule has 1 aliphatic rings. The second-order valence-corrected chi connectivity index (χ2v) is 6.97. The number of rotatable bonds is 7. The fourth-order valence-corrected chi connectivity index (χ4v) is 3.10. The Labute approximate surface area is 186 Å². The first-order valence-electron chi connectivity index (χ1n) is 9.60. The maximum absolute atomic E-state index is 13.6. The molecule has 176 valence electrons. The number of allylic oxidation sites excluding steroid dienone is 1. The molecule has 0 saturated carbocycles. The molecule has 0 aliphatic carbocycles. The lowest BCUT2D eigenvalue weighted by atomic mass is 10.1. The zero-order valence-corrected chi connectivity index (χ0v) is 17.4. The van der Waals surface area contributed by atoms with Crippen molar-refractivity contribution in [1.82, 2.24) is 10.3 Å². The molecule has 0 spiro atoms. The van der Waals surface area contributed by atoms with Gasteiger partial charge in [0.05, 0.1) is 37.1 Å². The zero-order valence-electron chi connectivity index (χ0n) is 17.4. The number of amides is 1. The van der Waals surface area contributed by atoms with Crippen LogP contribution in [0.2, 0.25) is 0 Å². The van der Waals surface area contributed by atoms with Crippen molar-refractivity contribution >= 4 is 11.6 Å². The molecule has 1 aromatic heterocycles. The molecule has 2 aromatic rings. The lowest BCUT2D eigenvalue weighted by Crippen LogP contribution is -2.54. The second kappa shape index (κ2) is 9.67. The highest BCUT2D eigenvalue weighted by atomic mass is 19.4. The Balaban J connectivity index is 1.75. The number of pyridine rings is 1. The van der Waals surface area contributed by atoms with Crippen molar-refractivity contribution in [3.8, 4) is 11.6 Å². The first kappa shape index (κ1) is 23.7. The normalized spacial score (nSPS) is 14.8. The second-order valence-electron chi connectivity index (χ2n) is 6.97. The van der Waals surface area contributed by atoms with Crippen LogP contribution in [0.3, 0.4) is 0 Å². The summed E-state index contributed by atoms with van der Waals surface area (Å²) in [6, 6.07) is 5.20. The first-order valence-corrected chi connectivity index (χ1v) is 9.60. The van der Waals surface area contributed by atoms with Gasteiger partial charge in [-0.2, -0.15) is 13.2 Å². The van der Waals surface area contributed by atoms with Crippen LogP contribution in [0.25, 0.3) is 0 Å². The fraction of sp³-hybridized carbons (Fsp3) is 0.238. The van der Waals surface area contributed by atoms with Crippen molar-refractivity contribution in [2.24, 2.45) is 11.5 Å². The summed E-state index contributed by atoms with van der Waals surface area (Å²) in [5.74, 6) is -1.67. The van der Waals surface area contributed by atoms with E-state index in [4.69, 9.17) is 20.9 Å². The standard InChI is InChI=1S/C21H21F4N5O3/c1-32-18-3-2-17(19(29-18)20(31)28-14(9-27)4-5-26)30-10-16(11-30)33-15-7-12(21(23,24)25)6-13(22)8-15/h2-9,16H,10-11,26-27H2,1H3,(H,28,31)/b5-4-,14-9+. The number of methoxy groups -OCH3 is 1. The summed E-state index contributed by atoms with van der Waals surface area (Å²) in [4.78, 5) is 18.7. The summed E-state index contributed by atoms with van der Waals surface area (Å²) in [6.07, 6.45) is -1.47. The summed E-state index contributed by atoms with van der Waals surface area (Å²) in [7, 11) is 1.40. The minimum atomic E-state index is -4.70. The quantitative estimate of drug-likeness (QED) is 0.423. The molecule has 1 aliphatic heterocycles. The SMILES string of the molecule is COc1ccc(N2CC(Oc3cc(F)cc(C(F)(F)F)c3)C2)c(C(=O)NC(/C=C\N)=C/N)n1. The predicted molar refractivity (Wildman–Crippen MR) is 112 cm³/mol. The molecule has 5 N–H and O–H groups in total. The van der Waals surface area contributed by atoms with Crippen LogP contribution < -0.4 is 31.2 Å². The summed E-state index contributed by atoms with van der Waals surface area (Å²) < 4.78 is 62.9. The Morgan fingerprint density at radius 2 is 1.97 bits per heavy atom. The molecule has 0 atom stereocenters. The first-order chi connectivity index (χ1) is 15.6. The van der Waals surface area contributed by atoms with Crippen molar-refractivity contribution in [2.45, 2.75) is 12.3 Å². The van der Waals surface area contributed by atoms with Gasteiger partial charge in [-0.1, -0.05) is 0 Å². The van der Waals surface area contributed by atoms with Crippen molar-refractivity contribution in [3.63, 3.8) is 0 Å². The molecular formula is C21H21F4N5O3. The largest absolute Gasteiger partial charge is 0.487 e. The highest BCUT2D eigenvalue weighted by Gasteiger charge is 2.34. The summed E-state index contributed by atoms with van der Waals surface area (Å²) in [5, 5.41) is 2.56. The van der Waals surface area contributed by atoms with Gasteiger partial charge in [-0.25, -0.2) is 9.37 Å². The Hall–Kier alpha value is -3.96. The molecule has 2 heterocycles. The number of hydrogen-bond acceptors (Lipinski definition) is 7. The van der Waals surface area contributed by atoms with Crippen molar-refractivity contribution in [3.05, 3.63) is 71.6 Å². The Morgan fingerprint density at radius 3 is 2.58 bits per heavy atom. The van der Waals surface area contributed by atoms with E-state index in [9.17, 15) is 22.4 Å². The van der Waals surface area contributed by atoms with Gasteiger partial charge >= 0.3 is 6.18 Å². The van der Waals surface area contributed by atoms with Crippen LogP contribution >= 0.6 is 0 Å². The molecule has 0 radical (unpaired) electrons. The van der Waals surface area contributed by atoms with E-state index in [-0.39, 0.29) is 36.1 Å². The van der Waals surface area contributed by atoms with E-state index in [1.807, 2.05) is 0 Å². The fourth-order valence-electron chi connectivity index (χ4n) is 3.10. The van der Waals surface area contributed by atoms with Gasteiger partial charge in [0.2, 0.25) is 5.88 Å². The van der Waals surface area contributed by atoms with Crippen LogP contribution in [0, 0.1) is 5.82 Å². The van der Waals surface area contributed by atoms with Gasteiger partial charge in [-0.3, -0.25) is 4.79 Å². The number of alkyl halides is 3. The van der Waals surface area contributed by atoms with E-state index in [0.717, 1.165) is 18.3 Å². The van der Waals surface area contributed by atoms with E-state index in [1.54, 1.807) is 17.0 Å². The molecule has 1 saturated heterocycles. The maximum Gasteiger partial charge on any atom is 0.416 e. The number of ether oxygens (including phenoxy) is 2. The van der Waals surface area contributed by atoms with Crippen molar-refractivity contribution in [2.75, 3.05) is 25.1 Å². The number of nitrogens with zero attached hydrogens (tertiary/aromatic N) is 2.